The van der Waals surface area contributed by atoms with Crippen molar-refractivity contribution in [3.8, 4) is 0 Å². The van der Waals surface area contributed by atoms with Crippen molar-refractivity contribution in [2.75, 3.05) is 11.5 Å². The fourth-order valence-electron chi connectivity index (χ4n) is 2.43. The van der Waals surface area contributed by atoms with Crippen molar-refractivity contribution in [3.63, 3.8) is 0 Å². The Hall–Kier alpha value is -0.610. The van der Waals surface area contributed by atoms with Crippen LogP contribution in [0.1, 0.15) is 18.9 Å². The van der Waals surface area contributed by atoms with Gasteiger partial charge >= 0.3 is 0 Å². The van der Waals surface area contributed by atoms with Crippen LogP contribution >= 0.6 is 15.9 Å². The zero-order valence-corrected chi connectivity index (χ0v) is 10.6. The van der Waals surface area contributed by atoms with E-state index >= 15 is 0 Å². The van der Waals surface area contributed by atoms with Crippen LogP contribution in [0.4, 0.5) is 10.1 Å². The second-order valence-electron chi connectivity index (χ2n) is 4.44. The van der Waals surface area contributed by atoms with Crippen molar-refractivity contribution in [1.82, 2.24) is 0 Å². The smallest absolute Gasteiger partial charge is 0.154 e. The molecule has 2 unspecified atom stereocenters. The molecule has 16 heavy (non-hydrogen) atoms. The Kier molecular flexibility index (Phi) is 2.44. The van der Waals surface area contributed by atoms with E-state index in [2.05, 4.69) is 27.8 Å². The Balaban J connectivity index is 2.09. The number of hydrogen-bond donors (Lipinski definition) is 0. The summed E-state index contributed by atoms with van der Waals surface area (Å²) in [5.41, 5.74) is 2.20. The first-order valence-electron chi connectivity index (χ1n) is 5.55. The lowest BCUT2D eigenvalue weighted by Gasteiger charge is -2.36. The molecule has 0 saturated carbocycles. The summed E-state index contributed by atoms with van der Waals surface area (Å²) in [6.07, 6.45) is 2.18. The highest BCUT2D eigenvalue weighted by Gasteiger charge is 2.37. The number of rotatable bonds is 1. The topological polar surface area (TPSA) is 15.8 Å². The molecule has 0 amide bonds. The Labute approximate surface area is 103 Å². The SMILES string of the molecule is CC1CCc2c(ccc(F)c2Br)N1C1CO1. The molecule has 1 aromatic carbocycles. The predicted molar refractivity (Wildman–Crippen MR) is 64.1 cm³/mol. The molecule has 3 rings (SSSR count). The number of ether oxygens (including phenoxy) is 1. The molecule has 1 saturated heterocycles. The van der Waals surface area contributed by atoms with Gasteiger partial charge in [0.25, 0.3) is 0 Å². The van der Waals surface area contributed by atoms with Crippen molar-refractivity contribution in [2.45, 2.75) is 32.0 Å². The number of benzene rings is 1. The van der Waals surface area contributed by atoms with Gasteiger partial charge in [-0.2, -0.15) is 0 Å². The lowest BCUT2D eigenvalue weighted by molar-refractivity contribution is 0.373. The van der Waals surface area contributed by atoms with Crippen molar-refractivity contribution >= 4 is 21.6 Å². The van der Waals surface area contributed by atoms with Crippen LogP contribution in [0.5, 0.6) is 0 Å². The zero-order chi connectivity index (χ0) is 11.3. The van der Waals surface area contributed by atoms with Crippen LogP contribution in [-0.2, 0) is 11.2 Å². The van der Waals surface area contributed by atoms with Gasteiger partial charge in [-0.05, 0) is 53.4 Å². The molecule has 0 spiro atoms. The molecule has 86 valence electrons. The van der Waals surface area contributed by atoms with E-state index in [1.165, 1.54) is 6.07 Å². The minimum Gasteiger partial charge on any atom is -0.351 e. The minimum absolute atomic E-state index is 0.176. The van der Waals surface area contributed by atoms with Gasteiger partial charge in [0.05, 0.1) is 11.1 Å². The van der Waals surface area contributed by atoms with E-state index in [0.29, 0.717) is 10.5 Å². The van der Waals surface area contributed by atoms with E-state index in [9.17, 15) is 4.39 Å². The first-order chi connectivity index (χ1) is 7.68. The van der Waals surface area contributed by atoms with Gasteiger partial charge in [-0.25, -0.2) is 4.39 Å². The molecule has 0 radical (unpaired) electrons. The van der Waals surface area contributed by atoms with E-state index in [1.54, 1.807) is 0 Å². The zero-order valence-electron chi connectivity index (χ0n) is 9.04. The quantitative estimate of drug-likeness (QED) is 0.737. The monoisotopic (exact) mass is 285 g/mol. The van der Waals surface area contributed by atoms with Gasteiger partial charge in [0, 0.05) is 11.7 Å². The lowest BCUT2D eigenvalue weighted by atomic mass is 9.96. The van der Waals surface area contributed by atoms with Crippen molar-refractivity contribution in [1.29, 1.82) is 0 Å². The highest BCUT2D eigenvalue weighted by Crippen LogP contribution is 2.39. The van der Waals surface area contributed by atoms with Crippen molar-refractivity contribution < 1.29 is 9.13 Å². The summed E-state index contributed by atoms with van der Waals surface area (Å²) < 4.78 is 19.4. The Bertz CT molecular complexity index is 433. The van der Waals surface area contributed by atoms with Gasteiger partial charge in [-0.3, -0.25) is 0 Å². The average molecular weight is 286 g/mol. The van der Waals surface area contributed by atoms with Crippen LogP contribution in [0.25, 0.3) is 0 Å². The molecule has 0 bridgehead atoms. The number of anilines is 1. The first-order valence-corrected chi connectivity index (χ1v) is 6.34. The Morgan fingerprint density at radius 1 is 1.50 bits per heavy atom. The van der Waals surface area contributed by atoms with Gasteiger partial charge in [-0.15, -0.1) is 0 Å². The van der Waals surface area contributed by atoms with E-state index in [-0.39, 0.29) is 12.0 Å². The maximum Gasteiger partial charge on any atom is 0.154 e. The number of fused-ring (bicyclic) bond motifs is 1. The maximum atomic E-state index is 13.5. The molecular weight excluding hydrogens is 273 g/mol. The van der Waals surface area contributed by atoms with E-state index < -0.39 is 0 Å². The summed E-state index contributed by atoms with van der Waals surface area (Å²) in [7, 11) is 0. The summed E-state index contributed by atoms with van der Waals surface area (Å²) in [5.74, 6) is -0.176. The normalized spacial score (nSPS) is 27.8. The second-order valence-corrected chi connectivity index (χ2v) is 5.23. The average Bonchev–Trinajstić information content (AvgIpc) is 3.07. The second kappa shape index (κ2) is 3.70. The van der Waals surface area contributed by atoms with Crippen LogP contribution in [0.15, 0.2) is 16.6 Å². The largest absolute Gasteiger partial charge is 0.351 e. The lowest BCUT2D eigenvalue weighted by Crippen LogP contribution is -2.39. The summed E-state index contributed by atoms with van der Waals surface area (Å²) in [5, 5.41) is 0. The number of epoxide rings is 1. The Morgan fingerprint density at radius 3 is 2.94 bits per heavy atom. The fourth-order valence-corrected chi connectivity index (χ4v) is 2.97. The maximum absolute atomic E-state index is 13.5. The molecule has 1 fully saturated rings. The number of nitrogens with zero attached hydrogens (tertiary/aromatic N) is 1. The molecule has 4 heteroatoms. The molecule has 2 atom stereocenters. The summed E-state index contributed by atoms with van der Waals surface area (Å²) in [4.78, 5) is 2.27. The highest BCUT2D eigenvalue weighted by molar-refractivity contribution is 9.10. The van der Waals surface area contributed by atoms with Gasteiger partial charge < -0.3 is 9.64 Å². The molecule has 1 aromatic rings. The van der Waals surface area contributed by atoms with Gasteiger partial charge in [0.1, 0.15) is 5.82 Å². The van der Waals surface area contributed by atoms with Crippen molar-refractivity contribution in [2.24, 2.45) is 0 Å². The third-order valence-corrected chi connectivity index (χ3v) is 4.22. The third kappa shape index (κ3) is 1.55. The first kappa shape index (κ1) is 10.5. The molecule has 2 nitrogen and oxygen atoms in total. The van der Waals surface area contributed by atoms with Crippen molar-refractivity contribution in [3.05, 3.63) is 28.0 Å². The predicted octanol–water partition coefficient (Wildman–Crippen LogP) is 3.09. The highest BCUT2D eigenvalue weighted by atomic mass is 79.9. The van der Waals surface area contributed by atoms with Crippen LogP contribution in [-0.4, -0.2) is 18.9 Å². The molecule has 0 N–H and O–H groups in total. The molecule has 2 aliphatic heterocycles. The summed E-state index contributed by atoms with van der Waals surface area (Å²) in [6.45, 7) is 2.99. The molecular formula is C12H13BrFNO. The number of hydrogen-bond acceptors (Lipinski definition) is 2. The summed E-state index contributed by atoms with van der Waals surface area (Å²) >= 11 is 3.34. The van der Waals surface area contributed by atoms with Gasteiger partial charge in [-0.1, -0.05) is 0 Å². The van der Waals surface area contributed by atoms with Gasteiger partial charge in [0.15, 0.2) is 6.23 Å². The standard InChI is InChI=1S/C12H13BrFNO/c1-7-2-3-8-10(15(7)11-6-16-11)5-4-9(14)12(8)13/h4-5,7,11H,2-3,6H2,1H3. The fraction of sp³-hybridized carbons (Fsp3) is 0.500. The Morgan fingerprint density at radius 2 is 2.25 bits per heavy atom. The van der Waals surface area contributed by atoms with Crippen LogP contribution in [0, 0.1) is 5.82 Å². The van der Waals surface area contributed by atoms with Gasteiger partial charge in [0.2, 0.25) is 0 Å². The van der Waals surface area contributed by atoms with E-state index in [0.717, 1.165) is 30.7 Å². The molecule has 2 heterocycles. The molecule has 0 aromatic heterocycles. The molecule has 2 aliphatic rings. The number of halogens is 2. The van der Waals surface area contributed by atoms with E-state index in [1.807, 2.05) is 6.07 Å². The van der Waals surface area contributed by atoms with E-state index in [4.69, 9.17) is 4.74 Å². The van der Waals surface area contributed by atoms with Crippen LogP contribution in [0.2, 0.25) is 0 Å². The minimum atomic E-state index is -0.176. The third-order valence-electron chi connectivity index (χ3n) is 3.36. The van der Waals surface area contributed by atoms with Crippen LogP contribution in [0.3, 0.4) is 0 Å². The summed E-state index contributed by atoms with van der Waals surface area (Å²) in [6, 6.07) is 3.86. The van der Waals surface area contributed by atoms with Crippen LogP contribution < -0.4 is 4.90 Å². The molecule has 0 aliphatic carbocycles.